The van der Waals surface area contributed by atoms with E-state index in [1.54, 1.807) is 0 Å². The van der Waals surface area contributed by atoms with Gasteiger partial charge in [-0.05, 0) is 12.5 Å². The monoisotopic (exact) mass is 328 g/mol. The molecule has 1 unspecified atom stereocenters. The average molecular weight is 328 g/mol. The number of nitrogens with zero attached hydrogens (tertiary/aromatic N) is 2. The summed E-state index contributed by atoms with van der Waals surface area (Å²) in [5, 5.41) is 10.8. The highest BCUT2D eigenvalue weighted by molar-refractivity contribution is 7.91. The molecular weight excluding hydrogens is 312 g/mol. The second-order valence-electron chi connectivity index (χ2n) is 5.11. The molecule has 1 aliphatic heterocycles. The molecule has 1 aliphatic rings. The van der Waals surface area contributed by atoms with Crippen molar-refractivity contribution < 1.29 is 22.9 Å². The summed E-state index contributed by atoms with van der Waals surface area (Å²) in [6, 6.07) is 3.31. The fourth-order valence-corrected chi connectivity index (χ4v) is 4.19. The predicted octanol–water partition coefficient (Wildman–Crippen LogP) is 0.863. The van der Waals surface area contributed by atoms with Crippen LogP contribution in [0.2, 0.25) is 0 Å². The molecule has 9 heteroatoms. The molecule has 1 aromatic rings. The van der Waals surface area contributed by atoms with Crippen molar-refractivity contribution in [1.29, 1.82) is 0 Å². The smallest absolute Gasteiger partial charge is 0.270 e. The second kappa shape index (κ2) is 5.91. The fourth-order valence-electron chi connectivity index (χ4n) is 2.41. The first-order chi connectivity index (χ1) is 10.2. The maximum Gasteiger partial charge on any atom is 0.270 e. The number of amides is 1. The van der Waals surface area contributed by atoms with Gasteiger partial charge >= 0.3 is 0 Å². The van der Waals surface area contributed by atoms with E-state index in [0.717, 1.165) is 6.07 Å². The van der Waals surface area contributed by atoms with Gasteiger partial charge in [0.2, 0.25) is 0 Å². The van der Waals surface area contributed by atoms with Crippen molar-refractivity contribution in [3.8, 4) is 5.75 Å². The van der Waals surface area contributed by atoms with E-state index in [-0.39, 0.29) is 28.5 Å². The number of non-ortho nitro benzene ring substituents is 1. The van der Waals surface area contributed by atoms with Crippen LogP contribution in [0.1, 0.15) is 16.8 Å². The minimum Gasteiger partial charge on any atom is -0.496 e. The third-order valence-corrected chi connectivity index (χ3v) is 5.45. The van der Waals surface area contributed by atoms with E-state index < -0.39 is 26.7 Å². The lowest BCUT2D eigenvalue weighted by atomic mass is 10.1. The van der Waals surface area contributed by atoms with Crippen LogP contribution in [0, 0.1) is 10.1 Å². The molecule has 0 spiro atoms. The van der Waals surface area contributed by atoms with Gasteiger partial charge < -0.3 is 9.64 Å². The molecule has 0 aliphatic carbocycles. The van der Waals surface area contributed by atoms with E-state index in [9.17, 15) is 23.3 Å². The Hall–Kier alpha value is -2.16. The average Bonchev–Trinajstić information content (AvgIpc) is 2.85. The summed E-state index contributed by atoms with van der Waals surface area (Å²) >= 11 is 0. The summed E-state index contributed by atoms with van der Waals surface area (Å²) in [6.45, 7) is 0. The van der Waals surface area contributed by atoms with Gasteiger partial charge in [0.1, 0.15) is 5.75 Å². The molecule has 1 fully saturated rings. The minimum atomic E-state index is -3.13. The molecule has 2 rings (SSSR count). The first-order valence-electron chi connectivity index (χ1n) is 6.55. The van der Waals surface area contributed by atoms with Crippen LogP contribution in [-0.2, 0) is 9.84 Å². The lowest BCUT2D eigenvalue weighted by Gasteiger charge is -2.24. The molecule has 1 amide bonds. The van der Waals surface area contributed by atoms with Gasteiger partial charge in [-0.1, -0.05) is 0 Å². The Morgan fingerprint density at radius 2 is 2.14 bits per heavy atom. The van der Waals surface area contributed by atoms with Gasteiger partial charge in [0.15, 0.2) is 9.84 Å². The minimum absolute atomic E-state index is 0.0430. The summed E-state index contributed by atoms with van der Waals surface area (Å²) in [5.74, 6) is -0.334. The molecule has 0 saturated carbocycles. The zero-order chi connectivity index (χ0) is 16.5. The van der Waals surface area contributed by atoms with Crippen molar-refractivity contribution in [2.45, 2.75) is 12.5 Å². The molecular formula is C13H16N2O6S. The fraction of sp³-hybridized carbons (Fsp3) is 0.462. The van der Waals surface area contributed by atoms with Crippen molar-refractivity contribution in [2.24, 2.45) is 0 Å². The molecule has 120 valence electrons. The van der Waals surface area contributed by atoms with Crippen molar-refractivity contribution in [3.05, 3.63) is 33.9 Å². The number of benzene rings is 1. The highest BCUT2D eigenvalue weighted by Crippen LogP contribution is 2.27. The van der Waals surface area contributed by atoms with Crippen LogP contribution >= 0.6 is 0 Å². The number of rotatable bonds is 4. The van der Waals surface area contributed by atoms with E-state index in [1.807, 2.05) is 0 Å². The second-order valence-corrected chi connectivity index (χ2v) is 7.34. The Morgan fingerprint density at radius 3 is 2.64 bits per heavy atom. The number of sulfone groups is 1. The molecule has 0 aromatic heterocycles. The highest BCUT2D eigenvalue weighted by atomic mass is 32.2. The number of carbonyl (C=O) groups is 1. The molecule has 1 heterocycles. The number of carbonyl (C=O) groups excluding carboxylic acids is 1. The van der Waals surface area contributed by atoms with Crippen molar-refractivity contribution in [3.63, 3.8) is 0 Å². The van der Waals surface area contributed by atoms with E-state index in [0.29, 0.717) is 6.42 Å². The summed E-state index contributed by atoms with van der Waals surface area (Å²) in [4.78, 5) is 24.1. The van der Waals surface area contributed by atoms with E-state index in [1.165, 1.54) is 31.2 Å². The number of hydrogen-bond donors (Lipinski definition) is 0. The lowest BCUT2D eigenvalue weighted by Crippen LogP contribution is -2.38. The van der Waals surface area contributed by atoms with Gasteiger partial charge in [0.05, 0.1) is 29.1 Å². The number of ether oxygens (including phenoxy) is 1. The molecule has 1 atom stereocenters. The summed E-state index contributed by atoms with van der Waals surface area (Å²) in [5.41, 5.74) is -0.180. The summed E-state index contributed by atoms with van der Waals surface area (Å²) in [7, 11) is -0.276. The summed E-state index contributed by atoms with van der Waals surface area (Å²) < 4.78 is 28.1. The number of nitro groups is 1. The Kier molecular flexibility index (Phi) is 4.36. The maximum absolute atomic E-state index is 12.5. The standard InChI is InChI=1S/C13H16N2O6S/c1-14(10-5-6-22(19,20)8-10)13(16)11-7-9(15(17)18)3-4-12(11)21-2/h3-4,7,10H,5-6,8H2,1-2H3. The lowest BCUT2D eigenvalue weighted by molar-refractivity contribution is -0.384. The van der Waals surface area contributed by atoms with Crippen LogP contribution in [0.5, 0.6) is 5.75 Å². The van der Waals surface area contributed by atoms with Crippen molar-refractivity contribution in [1.82, 2.24) is 4.90 Å². The normalized spacial score (nSPS) is 19.6. The summed E-state index contributed by atoms with van der Waals surface area (Å²) in [6.07, 6.45) is 0.363. The zero-order valence-electron chi connectivity index (χ0n) is 12.2. The Balaban J connectivity index is 2.32. The largest absolute Gasteiger partial charge is 0.496 e. The molecule has 0 bridgehead atoms. The first kappa shape index (κ1) is 16.2. The molecule has 8 nitrogen and oxygen atoms in total. The van der Waals surface area contributed by atoms with Crippen LogP contribution < -0.4 is 4.74 Å². The molecule has 0 N–H and O–H groups in total. The molecule has 1 aromatic carbocycles. The Morgan fingerprint density at radius 1 is 1.45 bits per heavy atom. The third kappa shape index (κ3) is 3.19. The quantitative estimate of drug-likeness (QED) is 0.599. The highest BCUT2D eigenvalue weighted by Gasteiger charge is 2.34. The number of nitro benzene ring substituents is 1. The van der Waals surface area contributed by atoms with Gasteiger partial charge in [0.25, 0.3) is 11.6 Å². The Labute approximate surface area is 127 Å². The Bertz CT molecular complexity index is 715. The van der Waals surface area contributed by atoms with Crippen LogP contribution in [0.15, 0.2) is 18.2 Å². The predicted molar refractivity (Wildman–Crippen MR) is 78.8 cm³/mol. The van der Waals surface area contributed by atoms with E-state index in [4.69, 9.17) is 4.74 Å². The zero-order valence-corrected chi connectivity index (χ0v) is 13.0. The third-order valence-electron chi connectivity index (χ3n) is 3.70. The maximum atomic E-state index is 12.5. The topological polar surface area (TPSA) is 107 Å². The molecule has 0 radical (unpaired) electrons. The van der Waals surface area contributed by atoms with E-state index in [2.05, 4.69) is 0 Å². The van der Waals surface area contributed by atoms with Gasteiger partial charge in [-0.3, -0.25) is 14.9 Å². The van der Waals surface area contributed by atoms with Gasteiger partial charge in [-0.15, -0.1) is 0 Å². The van der Waals surface area contributed by atoms with Gasteiger partial charge in [0, 0.05) is 25.2 Å². The number of hydrogen-bond acceptors (Lipinski definition) is 6. The van der Waals surface area contributed by atoms with Crippen LogP contribution in [0.25, 0.3) is 0 Å². The number of methoxy groups -OCH3 is 1. The van der Waals surface area contributed by atoms with Gasteiger partial charge in [-0.2, -0.15) is 0 Å². The van der Waals surface area contributed by atoms with Crippen molar-refractivity contribution in [2.75, 3.05) is 25.7 Å². The van der Waals surface area contributed by atoms with Crippen LogP contribution in [0.4, 0.5) is 5.69 Å². The SMILES string of the molecule is COc1ccc([N+](=O)[O-])cc1C(=O)N(C)C1CCS(=O)(=O)C1. The van der Waals surface area contributed by atoms with Crippen molar-refractivity contribution >= 4 is 21.4 Å². The van der Waals surface area contributed by atoms with Gasteiger partial charge in [-0.25, -0.2) is 8.42 Å². The van der Waals surface area contributed by atoms with E-state index >= 15 is 0 Å². The van der Waals surface area contributed by atoms with Crippen LogP contribution in [0.3, 0.4) is 0 Å². The van der Waals surface area contributed by atoms with Crippen LogP contribution in [-0.4, -0.2) is 55.9 Å². The first-order valence-corrected chi connectivity index (χ1v) is 8.37. The molecule has 1 saturated heterocycles. The molecule has 22 heavy (non-hydrogen) atoms.